The second-order valence-corrected chi connectivity index (χ2v) is 10.3. The fourth-order valence-electron chi connectivity index (χ4n) is 5.91. The van der Waals surface area contributed by atoms with Crippen LogP contribution in [0, 0.1) is 23.7 Å². The summed E-state index contributed by atoms with van der Waals surface area (Å²) in [6.07, 6.45) is 9.61. The Hall–Kier alpha value is -3.04. The summed E-state index contributed by atoms with van der Waals surface area (Å²) in [5, 5.41) is 28.8. The molecule has 2 saturated carbocycles. The maximum absolute atomic E-state index is 10.9. The zero-order valence-electron chi connectivity index (χ0n) is 19.6. The molecule has 2 aliphatic rings. The van der Waals surface area contributed by atoms with Gasteiger partial charge in [0, 0.05) is 11.1 Å². The lowest BCUT2D eigenvalue weighted by atomic mass is 9.84. The Kier molecular flexibility index (Phi) is 5.26. The van der Waals surface area contributed by atoms with Crippen molar-refractivity contribution in [1.29, 1.82) is 0 Å². The quantitative estimate of drug-likeness (QED) is 0.234. The molecule has 2 fully saturated rings. The molecule has 0 spiro atoms. The molecule has 2 nitrogen and oxygen atoms in total. The van der Waals surface area contributed by atoms with E-state index in [-0.39, 0.29) is 0 Å². The van der Waals surface area contributed by atoms with Crippen LogP contribution in [-0.2, 0) is 0 Å². The topological polar surface area (TPSA) is 40.5 Å². The molecule has 0 unspecified atom stereocenters. The summed E-state index contributed by atoms with van der Waals surface area (Å²) < 4.78 is 0. The third-order valence-electron chi connectivity index (χ3n) is 7.89. The maximum Gasteiger partial charge on any atom is 0.125 e. The van der Waals surface area contributed by atoms with Gasteiger partial charge in [-0.3, -0.25) is 0 Å². The van der Waals surface area contributed by atoms with Gasteiger partial charge in [0.25, 0.3) is 0 Å². The number of hydrogen-bond donors (Lipinski definition) is 2. The highest BCUT2D eigenvalue weighted by Crippen LogP contribution is 2.37. The maximum atomic E-state index is 10.9. The highest BCUT2D eigenvalue weighted by atomic mass is 16.3. The first-order chi connectivity index (χ1) is 16.5. The van der Waals surface area contributed by atoms with Crippen molar-refractivity contribution in [2.45, 2.75) is 75.4 Å². The summed E-state index contributed by atoms with van der Waals surface area (Å²) in [5.41, 5.74) is 0.220. The average Bonchev–Trinajstić information content (AvgIpc) is 2.86. The van der Waals surface area contributed by atoms with Gasteiger partial charge >= 0.3 is 0 Å². The van der Waals surface area contributed by atoms with Gasteiger partial charge in [-0.1, -0.05) is 72.9 Å². The van der Waals surface area contributed by atoms with Gasteiger partial charge in [-0.25, -0.2) is 0 Å². The number of rotatable bonds is 0. The van der Waals surface area contributed by atoms with Crippen molar-refractivity contribution in [1.82, 2.24) is 0 Å². The smallest absolute Gasteiger partial charge is 0.125 e. The van der Waals surface area contributed by atoms with E-state index >= 15 is 0 Å². The van der Waals surface area contributed by atoms with Gasteiger partial charge in [-0.2, -0.15) is 0 Å². The van der Waals surface area contributed by atoms with E-state index in [0.29, 0.717) is 0 Å². The Morgan fingerprint density at radius 2 is 0.882 bits per heavy atom. The molecule has 4 aromatic carbocycles. The van der Waals surface area contributed by atoms with Crippen LogP contribution >= 0.6 is 0 Å². The summed E-state index contributed by atoms with van der Waals surface area (Å²) >= 11 is 0. The molecule has 0 aromatic heterocycles. The van der Waals surface area contributed by atoms with Gasteiger partial charge < -0.3 is 10.2 Å². The molecule has 0 heterocycles. The first-order valence-electron chi connectivity index (χ1n) is 12.8. The Balaban J connectivity index is 1.49. The molecular formula is C32H30O2. The molecule has 170 valence electrons. The molecule has 0 radical (unpaired) electrons. The monoisotopic (exact) mass is 446 g/mol. The van der Waals surface area contributed by atoms with Crippen LogP contribution in [0.1, 0.15) is 75.3 Å². The summed E-state index contributed by atoms with van der Waals surface area (Å²) in [6.45, 7) is 0. The van der Waals surface area contributed by atoms with E-state index in [4.69, 9.17) is 0 Å². The van der Waals surface area contributed by atoms with Crippen LogP contribution in [0.25, 0.3) is 32.3 Å². The minimum atomic E-state index is -0.857. The van der Waals surface area contributed by atoms with E-state index in [1.165, 1.54) is 34.4 Å². The highest BCUT2D eigenvalue weighted by molar-refractivity contribution is 6.24. The van der Waals surface area contributed by atoms with Crippen LogP contribution in [0.4, 0.5) is 0 Å². The molecule has 0 atom stereocenters. The molecule has 0 saturated heterocycles. The van der Waals surface area contributed by atoms with Crippen molar-refractivity contribution in [2.24, 2.45) is 0 Å². The first-order valence-corrected chi connectivity index (χ1v) is 12.8. The predicted molar refractivity (Wildman–Crippen MR) is 140 cm³/mol. The third-order valence-corrected chi connectivity index (χ3v) is 7.89. The molecule has 2 aliphatic carbocycles. The van der Waals surface area contributed by atoms with Gasteiger partial charge in [-0.05, 0) is 95.8 Å². The largest absolute Gasteiger partial charge is 0.378 e. The zero-order chi connectivity index (χ0) is 23.2. The van der Waals surface area contributed by atoms with Crippen molar-refractivity contribution in [3.63, 3.8) is 0 Å². The molecule has 6 rings (SSSR count). The second kappa shape index (κ2) is 8.32. The lowest BCUT2D eigenvalue weighted by Gasteiger charge is -2.26. The molecule has 34 heavy (non-hydrogen) atoms. The van der Waals surface area contributed by atoms with Gasteiger partial charge in [-0.15, -0.1) is 0 Å². The first kappa shape index (κ1) is 21.5. The van der Waals surface area contributed by atoms with Gasteiger partial charge in [0.05, 0.1) is 0 Å². The van der Waals surface area contributed by atoms with Gasteiger partial charge in [0.15, 0.2) is 0 Å². The van der Waals surface area contributed by atoms with E-state index in [2.05, 4.69) is 72.2 Å². The van der Waals surface area contributed by atoms with Crippen molar-refractivity contribution in [2.75, 3.05) is 0 Å². The normalized spacial score (nSPS) is 19.5. The minimum Gasteiger partial charge on any atom is -0.378 e. The van der Waals surface area contributed by atoms with Crippen LogP contribution in [0.15, 0.2) is 48.5 Å². The van der Waals surface area contributed by atoms with E-state index in [9.17, 15) is 10.2 Å². The average molecular weight is 447 g/mol. The Morgan fingerprint density at radius 1 is 0.500 bits per heavy atom. The number of benzene rings is 4. The van der Waals surface area contributed by atoms with E-state index in [1.807, 2.05) is 0 Å². The minimum absolute atomic E-state index is 0.764. The van der Waals surface area contributed by atoms with E-state index in [0.717, 1.165) is 73.3 Å². The molecule has 2 N–H and O–H groups in total. The van der Waals surface area contributed by atoms with Crippen LogP contribution in [0.3, 0.4) is 0 Å². The highest BCUT2D eigenvalue weighted by Gasteiger charge is 2.27. The lowest BCUT2D eigenvalue weighted by molar-refractivity contribution is 0.0606. The summed E-state index contributed by atoms with van der Waals surface area (Å²) in [4.78, 5) is 0. The predicted octanol–water partition coefficient (Wildman–Crippen LogP) is 6.68. The van der Waals surface area contributed by atoms with E-state index in [1.54, 1.807) is 0 Å². The fourth-order valence-corrected chi connectivity index (χ4v) is 5.91. The van der Waals surface area contributed by atoms with Crippen molar-refractivity contribution in [3.05, 3.63) is 59.7 Å². The molecule has 0 aliphatic heterocycles. The molecular weight excluding hydrogens is 416 g/mol. The summed E-state index contributed by atoms with van der Waals surface area (Å²) in [6, 6.07) is 17.1. The molecule has 4 aromatic rings. The van der Waals surface area contributed by atoms with Crippen LogP contribution in [-0.4, -0.2) is 21.4 Å². The Bertz CT molecular complexity index is 1380. The van der Waals surface area contributed by atoms with Crippen molar-refractivity contribution >= 4 is 32.3 Å². The second-order valence-electron chi connectivity index (χ2n) is 10.3. The Labute approximate surface area is 201 Å². The summed E-state index contributed by atoms with van der Waals surface area (Å²) in [5.74, 6) is 13.1. The SMILES string of the molecule is OC1(C#Cc2ccc3ccc4c(C#CC5(O)CCCCC5)ccc5ccc2c3c54)CCCCC1. The van der Waals surface area contributed by atoms with Crippen LogP contribution in [0.5, 0.6) is 0 Å². The Morgan fingerprint density at radius 3 is 1.29 bits per heavy atom. The van der Waals surface area contributed by atoms with Crippen molar-refractivity contribution in [3.8, 4) is 23.7 Å². The number of aliphatic hydroxyl groups is 2. The third kappa shape index (κ3) is 3.82. The lowest BCUT2D eigenvalue weighted by Crippen LogP contribution is -2.29. The number of hydrogen-bond acceptors (Lipinski definition) is 2. The van der Waals surface area contributed by atoms with Crippen LogP contribution < -0.4 is 0 Å². The molecule has 0 bridgehead atoms. The van der Waals surface area contributed by atoms with Crippen molar-refractivity contribution < 1.29 is 10.2 Å². The molecule has 2 heteroatoms. The zero-order valence-corrected chi connectivity index (χ0v) is 19.6. The van der Waals surface area contributed by atoms with Gasteiger partial charge in [0.1, 0.15) is 11.2 Å². The van der Waals surface area contributed by atoms with Crippen LogP contribution in [0.2, 0.25) is 0 Å². The fraction of sp³-hybridized carbons (Fsp3) is 0.375. The molecule has 0 amide bonds. The van der Waals surface area contributed by atoms with Gasteiger partial charge in [0.2, 0.25) is 0 Å². The standard InChI is InChI=1S/C32H30O2/c33-31(17-3-1-4-18-31)21-15-23-7-9-25-12-14-28-24(16-22-32(34)19-5-2-6-20-32)8-10-26-11-13-27(23)29(25)30(26)28/h7-14,33-34H,1-6,17-20H2. The van der Waals surface area contributed by atoms with E-state index < -0.39 is 11.2 Å². The summed E-state index contributed by atoms with van der Waals surface area (Å²) in [7, 11) is 0.